The maximum Gasteiger partial charge on any atom is 0.328 e. The van der Waals surface area contributed by atoms with Gasteiger partial charge in [-0.2, -0.15) is 0 Å². The number of imidazole rings is 1. The summed E-state index contributed by atoms with van der Waals surface area (Å²) in [7, 11) is 1.30. The zero-order valence-corrected chi connectivity index (χ0v) is 12.8. The molecule has 1 atom stereocenters. The van der Waals surface area contributed by atoms with Crippen LogP contribution in [0.15, 0.2) is 36.5 Å². The molecule has 6 heteroatoms. The van der Waals surface area contributed by atoms with Gasteiger partial charge in [0, 0.05) is 5.56 Å². The van der Waals surface area contributed by atoms with Crippen molar-refractivity contribution in [3.63, 3.8) is 0 Å². The van der Waals surface area contributed by atoms with Crippen molar-refractivity contribution < 1.29 is 14.3 Å². The molecular weight excluding hydrogens is 282 g/mol. The molecule has 2 aromatic rings. The summed E-state index contributed by atoms with van der Waals surface area (Å²) >= 11 is 0. The second kappa shape index (κ2) is 6.89. The number of H-pyrrole nitrogens is 1. The van der Waals surface area contributed by atoms with Crippen LogP contribution < -0.4 is 5.32 Å². The Hall–Kier alpha value is -2.63. The van der Waals surface area contributed by atoms with E-state index >= 15 is 0 Å². The van der Waals surface area contributed by atoms with Gasteiger partial charge in [-0.1, -0.05) is 44.2 Å². The Morgan fingerprint density at radius 2 is 1.91 bits per heavy atom. The van der Waals surface area contributed by atoms with E-state index in [2.05, 4.69) is 15.3 Å². The Labute approximate surface area is 128 Å². The third-order valence-electron chi connectivity index (χ3n) is 3.28. The van der Waals surface area contributed by atoms with Crippen LogP contribution in [-0.4, -0.2) is 35.0 Å². The number of carbonyl (C=O) groups excluding carboxylic acids is 2. The van der Waals surface area contributed by atoms with Crippen molar-refractivity contribution in [2.45, 2.75) is 19.9 Å². The molecule has 0 aliphatic heterocycles. The Morgan fingerprint density at radius 3 is 2.50 bits per heavy atom. The SMILES string of the molecule is COC(=O)[C@@H](NC(=O)c1cnc(-c2ccccc2)[nH]1)C(C)C. The molecule has 0 aliphatic carbocycles. The van der Waals surface area contributed by atoms with Gasteiger partial charge in [-0.3, -0.25) is 4.79 Å². The van der Waals surface area contributed by atoms with Gasteiger partial charge < -0.3 is 15.0 Å². The van der Waals surface area contributed by atoms with Crippen molar-refractivity contribution in [3.05, 3.63) is 42.2 Å². The quantitative estimate of drug-likeness (QED) is 0.827. The number of amides is 1. The molecule has 0 aliphatic rings. The highest BCUT2D eigenvalue weighted by atomic mass is 16.5. The number of carbonyl (C=O) groups is 2. The van der Waals surface area contributed by atoms with E-state index in [1.807, 2.05) is 44.2 Å². The third kappa shape index (κ3) is 3.52. The molecule has 0 fully saturated rings. The summed E-state index contributed by atoms with van der Waals surface area (Å²) in [5.74, 6) is -0.331. The number of methoxy groups -OCH3 is 1. The average Bonchev–Trinajstić information content (AvgIpc) is 3.02. The number of esters is 1. The van der Waals surface area contributed by atoms with Crippen LogP contribution in [0.2, 0.25) is 0 Å². The van der Waals surface area contributed by atoms with Crippen LogP contribution in [0.25, 0.3) is 11.4 Å². The Morgan fingerprint density at radius 1 is 1.23 bits per heavy atom. The molecule has 116 valence electrons. The van der Waals surface area contributed by atoms with E-state index in [0.717, 1.165) is 5.56 Å². The number of nitrogens with zero attached hydrogens (tertiary/aromatic N) is 1. The highest BCUT2D eigenvalue weighted by Crippen LogP contribution is 2.15. The number of rotatable bonds is 5. The number of nitrogens with one attached hydrogen (secondary N) is 2. The zero-order chi connectivity index (χ0) is 16.1. The van der Waals surface area contributed by atoms with Crippen LogP contribution in [0.3, 0.4) is 0 Å². The number of hydrogen-bond donors (Lipinski definition) is 2. The summed E-state index contributed by atoms with van der Waals surface area (Å²) in [5, 5.41) is 2.66. The zero-order valence-electron chi connectivity index (χ0n) is 12.8. The maximum atomic E-state index is 12.2. The molecular formula is C16H19N3O3. The lowest BCUT2D eigenvalue weighted by atomic mass is 10.0. The van der Waals surface area contributed by atoms with Gasteiger partial charge in [0.15, 0.2) is 0 Å². The highest BCUT2D eigenvalue weighted by Gasteiger charge is 2.26. The lowest BCUT2D eigenvalue weighted by molar-refractivity contribution is -0.144. The molecule has 6 nitrogen and oxygen atoms in total. The fraction of sp³-hybridized carbons (Fsp3) is 0.312. The van der Waals surface area contributed by atoms with Gasteiger partial charge in [-0.25, -0.2) is 9.78 Å². The molecule has 0 spiro atoms. The molecule has 1 aromatic heterocycles. The second-order valence-corrected chi connectivity index (χ2v) is 5.23. The summed E-state index contributed by atoms with van der Waals surface area (Å²) in [6.45, 7) is 3.68. The van der Waals surface area contributed by atoms with Crippen molar-refractivity contribution in [1.29, 1.82) is 0 Å². The third-order valence-corrected chi connectivity index (χ3v) is 3.28. The van der Waals surface area contributed by atoms with Crippen molar-refractivity contribution in [2.75, 3.05) is 7.11 Å². The molecule has 0 saturated carbocycles. The van der Waals surface area contributed by atoms with Gasteiger partial charge in [0.2, 0.25) is 0 Å². The fourth-order valence-electron chi connectivity index (χ4n) is 2.02. The van der Waals surface area contributed by atoms with E-state index in [0.29, 0.717) is 11.5 Å². The highest BCUT2D eigenvalue weighted by molar-refractivity contribution is 5.95. The van der Waals surface area contributed by atoms with Crippen LogP contribution >= 0.6 is 0 Å². The van der Waals surface area contributed by atoms with Gasteiger partial charge in [0.1, 0.15) is 17.6 Å². The second-order valence-electron chi connectivity index (χ2n) is 5.23. The molecule has 1 amide bonds. The molecule has 0 bridgehead atoms. The maximum absolute atomic E-state index is 12.2. The van der Waals surface area contributed by atoms with Crippen molar-refractivity contribution >= 4 is 11.9 Å². The van der Waals surface area contributed by atoms with E-state index in [-0.39, 0.29) is 5.92 Å². The van der Waals surface area contributed by atoms with Crippen LogP contribution in [0.1, 0.15) is 24.3 Å². The van der Waals surface area contributed by atoms with Gasteiger partial charge in [-0.05, 0) is 5.92 Å². The van der Waals surface area contributed by atoms with Crippen molar-refractivity contribution in [1.82, 2.24) is 15.3 Å². The number of hydrogen-bond acceptors (Lipinski definition) is 4. The summed E-state index contributed by atoms with van der Waals surface area (Å²) in [5.41, 5.74) is 1.18. The average molecular weight is 301 g/mol. The Balaban J connectivity index is 2.13. The molecule has 2 rings (SSSR count). The Kier molecular flexibility index (Phi) is 4.93. The summed E-state index contributed by atoms with van der Waals surface area (Å²) in [6.07, 6.45) is 1.45. The fourth-order valence-corrected chi connectivity index (χ4v) is 2.02. The molecule has 1 aromatic carbocycles. The van der Waals surface area contributed by atoms with E-state index in [4.69, 9.17) is 4.74 Å². The monoisotopic (exact) mass is 301 g/mol. The van der Waals surface area contributed by atoms with Crippen LogP contribution in [-0.2, 0) is 9.53 Å². The Bertz CT molecular complexity index is 650. The lowest BCUT2D eigenvalue weighted by Gasteiger charge is -2.19. The molecule has 0 radical (unpaired) electrons. The molecule has 1 heterocycles. The van der Waals surface area contributed by atoms with Crippen LogP contribution in [0, 0.1) is 5.92 Å². The topological polar surface area (TPSA) is 84.1 Å². The lowest BCUT2D eigenvalue weighted by Crippen LogP contribution is -2.45. The van der Waals surface area contributed by atoms with Gasteiger partial charge in [0.25, 0.3) is 5.91 Å². The van der Waals surface area contributed by atoms with Crippen LogP contribution in [0.5, 0.6) is 0 Å². The van der Waals surface area contributed by atoms with E-state index < -0.39 is 17.9 Å². The first kappa shape index (κ1) is 15.8. The van der Waals surface area contributed by atoms with Crippen LogP contribution in [0.4, 0.5) is 0 Å². The predicted octanol–water partition coefficient (Wildman–Crippen LogP) is 2.00. The summed E-state index contributed by atoms with van der Waals surface area (Å²) in [6, 6.07) is 8.79. The van der Waals surface area contributed by atoms with Crippen molar-refractivity contribution in [3.8, 4) is 11.4 Å². The largest absolute Gasteiger partial charge is 0.467 e. The minimum Gasteiger partial charge on any atom is -0.467 e. The van der Waals surface area contributed by atoms with Crippen molar-refractivity contribution in [2.24, 2.45) is 5.92 Å². The molecule has 0 unspecified atom stereocenters. The number of aromatic nitrogens is 2. The summed E-state index contributed by atoms with van der Waals surface area (Å²) in [4.78, 5) is 31.1. The first-order valence-corrected chi connectivity index (χ1v) is 7.02. The number of aromatic amines is 1. The predicted molar refractivity (Wildman–Crippen MR) is 82.1 cm³/mol. The smallest absolute Gasteiger partial charge is 0.328 e. The number of ether oxygens (including phenoxy) is 1. The standard InChI is InChI=1S/C16H19N3O3/c1-10(2)13(16(21)22-3)19-15(20)12-9-17-14(18-12)11-7-5-4-6-8-11/h4-10,13H,1-3H3,(H,17,18)(H,19,20)/t13-/m0/s1. The van der Waals surface area contributed by atoms with Gasteiger partial charge >= 0.3 is 5.97 Å². The van der Waals surface area contributed by atoms with E-state index in [9.17, 15) is 9.59 Å². The first-order valence-electron chi connectivity index (χ1n) is 7.02. The van der Waals surface area contributed by atoms with Gasteiger partial charge in [0.05, 0.1) is 13.3 Å². The van der Waals surface area contributed by atoms with E-state index in [1.54, 1.807) is 0 Å². The normalized spacial score (nSPS) is 12.0. The molecule has 2 N–H and O–H groups in total. The minimum absolute atomic E-state index is 0.0760. The van der Waals surface area contributed by atoms with E-state index in [1.165, 1.54) is 13.3 Å². The number of benzene rings is 1. The minimum atomic E-state index is -0.694. The van der Waals surface area contributed by atoms with Gasteiger partial charge in [-0.15, -0.1) is 0 Å². The molecule has 22 heavy (non-hydrogen) atoms. The summed E-state index contributed by atoms with van der Waals surface area (Å²) < 4.78 is 4.71. The first-order chi connectivity index (χ1) is 10.5. The molecule has 0 saturated heterocycles.